The Labute approximate surface area is 257 Å². The highest BCUT2D eigenvalue weighted by Gasteiger charge is 2.36. The minimum absolute atomic E-state index is 0.120. The second-order valence-electron chi connectivity index (χ2n) is 12.8. The van der Waals surface area contributed by atoms with Crippen LogP contribution in [0.5, 0.6) is 0 Å². The molecule has 0 spiro atoms. The third-order valence-electron chi connectivity index (χ3n) is 7.17. The number of ether oxygens (including phenoxy) is 1. The third-order valence-corrected chi connectivity index (χ3v) is 7.17. The first-order valence-electron chi connectivity index (χ1n) is 15.5. The van der Waals surface area contributed by atoms with Crippen molar-refractivity contribution in [3.8, 4) is 0 Å². The average molecular weight is 588 g/mol. The van der Waals surface area contributed by atoms with E-state index in [0.717, 1.165) is 47.6 Å². The van der Waals surface area contributed by atoms with E-state index >= 15 is 0 Å². The SMILES string of the molecule is CCCCCCN(C(=O)C(CC(C)C)NC(=O)OC(C)(C)C)C(C(=O)Nc1ccc2ccccc2c1)c1cccc(C)c1. The van der Waals surface area contributed by atoms with Crippen molar-refractivity contribution in [3.63, 3.8) is 0 Å². The third kappa shape index (κ3) is 10.4. The Kier molecular flexibility index (Phi) is 12.2. The van der Waals surface area contributed by atoms with Crippen molar-refractivity contribution in [2.45, 2.75) is 98.3 Å². The molecule has 0 saturated heterocycles. The Bertz CT molecular complexity index is 1380. The summed E-state index contributed by atoms with van der Waals surface area (Å²) < 4.78 is 5.52. The van der Waals surface area contributed by atoms with Crippen molar-refractivity contribution >= 4 is 34.4 Å². The molecule has 0 aromatic heterocycles. The van der Waals surface area contributed by atoms with Crippen molar-refractivity contribution in [1.29, 1.82) is 0 Å². The Morgan fingerprint density at radius 2 is 1.60 bits per heavy atom. The van der Waals surface area contributed by atoms with Crippen molar-refractivity contribution in [2.24, 2.45) is 5.92 Å². The molecule has 0 aliphatic carbocycles. The molecule has 0 heterocycles. The van der Waals surface area contributed by atoms with Crippen LogP contribution in [0.15, 0.2) is 66.7 Å². The average Bonchev–Trinajstić information content (AvgIpc) is 2.92. The topological polar surface area (TPSA) is 87.7 Å². The molecule has 7 heteroatoms. The minimum Gasteiger partial charge on any atom is -0.444 e. The molecule has 2 N–H and O–H groups in total. The van der Waals surface area contributed by atoms with Gasteiger partial charge in [0.25, 0.3) is 5.91 Å². The number of rotatable bonds is 13. The predicted octanol–water partition coefficient (Wildman–Crippen LogP) is 8.18. The van der Waals surface area contributed by atoms with Gasteiger partial charge in [0.05, 0.1) is 0 Å². The quantitative estimate of drug-likeness (QED) is 0.197. The lowest BCUT2D eigenvalue weighted by Gasteiger charge is -2.35. The number of unbranched alkanes of at least 4 members (excludes halogenated alkanes) is 3. The molecule has 3 amide bonds. The van der Waals surface area contributed by atoms with Gasteiger partial charge in [0, 0.05) is 12.2 Å². The highest BCUT2D eigenvalue weighted by Crippen LogP contribution is 2.28. The van der Waals surface area contributed by atoms with Crippen molar-refractivity contribution < 1.29 is 19.1 Å². The second kappa shape index (κ2) is 15.6. The van der Waals surface area contributed by atoms with Crippen LogP contribution in [0.25, 0.3) is 10.8 Å². The van der Waals surface area contributed by atoms with Gasteiger partial charge in [0.2, 0.25) is 5.91 Å². The molecular weight excluding hydrogens is 538 g/mol. The fraction of sp³-hybridized carbons (Fsp3) is 0.472. The maximum absolute atomic E-state index is 14.5. The summed E-state index contributed by atoms with van der Waals surface area (Å²) in [6.07, 6.45) is 3.52. The van der Waals surface area contributed by atoms with E-state index in [1.54, 1.807) is 25.7 Å². The molecule has 0 aliphatic rings. The van der Waals surface area contributed by atoms with Crippen LogP contribution in [0.2, 0.25) is 0 Å². The van der Waals surface area contributed by atoms with Gasteiger partial charge >= 0.3 is 6.09 Å². The van der Waals surface area contributed by atoms with Gasteiger partial charge in [0.1, 0.15) is 17.7 Å². The van der Waals surface area contributed by atoms with E-state index < -0.39 is 23.8 Å². The van der Waals surface area contributed by atoms with Crippen LogP contribution in [-0.4, -0.2) is 41.0 Å². The summed E-state index contributed by atoms with van der Waals surface area (Å²) in [5, 5.41) is 8.01. The van der Waals surface area contributed by atoms with Crippen molar-refractivity contribution in [3.05, 3.63) is 77.9 Å². The van der Waals surface area contributed by atoms with Gasteiger partial charge < -0.3 is 20.3 Å². The van der Waals surface area contributed by atoms with Gasteiger partial charge in [-0.3, -0.25) is 9.59 Å². The van der Waals surface area contributed by atoms with Gasteiger partial charge in [0.15, 0.2) is 0 Å². The maximum atomic E-state index is 14.5. The lowest BCUT2D eigenvalue weighted by Crippen LogP contribution is -2.53. The zero-order chi connectivity index (χ0) is 31.6. The molecule has 2 unspecified atom stereocenters. The van der Waals surface area contributed by atoms with Crippen LogP contribution in [-0.2, 0) is 14.3 Å². The predicted molar refractivity (Wildman–Crippen MR) is 175 cm³/mol. The number of alkyl carbamates (subject to hydrolysis) is 1. The van der Waals surface area contributed by atoms with Crippen molar-refractivity contribution in [1.82, 2.24) is 10.2 Å². The molecule has 3 rings (SSSR count). The van der Waals surface area contributed by atoms with Gasteiger partial charge in [-0.1, -0.05) is 100 Å². The number of carbonyl (C=O) groups excluding carboxylic acids is 3. The highest BCUT2D eigenvalue weighted by atomic mass is 16.6. The van der Waals surface area contributed by atoms with E-state index in [1.807, 2.05) is 87.5 Å². The van der Waals surface area contributed by atoms with E-state index in [0.29, 0.717) is 18.7 Å². The van der Waals surface area contributed by atoms with Gasteiger partial charge in [-0.2, -0.15) is 0 Å². The molecule has 7 nitrogen and oxygen atoms in total. The summed E-state index contributed by atoms with van der Waals surface area (Å²) in [5.41, 5.74) is 1.66. The molecule has 0 radical (unpaired) electrons. The molecular formula is C36H49N3O4. The fourth-order valence-corrected chi connectivity index (χ4v) is 5.21. The summed E-state index contributed by atoms with van der Waals surface area (Å²) in [6, 6.07) is 19.8. The van der Waals surface area contributed by atoms with Gasteiger partial charge in [-0.25, -0.2) is 4.79 Å². The van der Waals surface area contributed by atoms with Crippen LogP contribution in [0.4, 0.5) is 10.5 Å². The molecule has 0 bridgehead atoms. The first-order valence-corrected chi connectivity index (χ1v) is 15.5. The number of anilines is 1. The number of amides is 3. The zero-order valence-corrected chi connectivity index (χ0v) is 26.9. The maximum Gasteiger partial charge on any atom is 0.408 e. The lowest BCUT2D eigenvalue weighted by atomic mass is 9.97. The Morgan fingerprint density at radius 1 is 0.884 bits per heavy atom. The number of aryl methyl sites for hydroxylation is 1. The molecule has 0 fully saturated rings. The number of nitrogens with one attached hydrogen (secondary N) is 2. The van der Waals surface area contributed by atoms with Crippen molar-refractivity contribution in [2.75, 3.05) is 11.9 Å². The highest BCUT2D eigenvalue weighted by molar-refractivity contribution is 6.00. The first kappa shape index (κ1) is 33.6. The van der Waals surface area contributed by atoms with Gasteiger partial charge in [-0.15, -0.1) is 0 Å². The number of fused-ring (bicyclic) bond motifs is 1. The summed E-state index contributed by atoms with van der Waals surface area (Å²) >= 11 is 0. The molecule has 2 atom stereocenters. The molecule has 0 aliphatic heterocycles. The summed E-state index contributed by atoms with van der Waals surface area (Å²) in [5.74, 6) is -0.476. The zero-order valence-electron chi connectivity index (χ0n) is 26.9. The second-order valence-corrected chi connectivity index (χ2v) is 12.8. The number of hydrogen-bond donors (Lipinski definition) is 2. The van der Waals surface area contributed by atoms with Gasteiger partial charge in [-0.05, 0) is 74.9 Å². The molecule has 3 aromatic carbocycles. The Morgan fingerprint density at radius 3 is 2.26 bits per heavy atom. The minimum atomic E-state index is -0.893. The Balaban J connectivity index is 2.03. The molecule has 3 aromatic rings. The lowest BCUT2D eigenvalue weighted by molar-refractivity contribution is -0.141. The molecule has 232 valence electrons. The number of carbonyl (C=O) groups is 3. The number of hydrogen-bond acceptors (Lipinski definition) is 4. The number of benzene rings is 3. The van der Waals surface area contributed by atoms with Crippen LogP contribution in [0.3, 0.4) is 0 Å². The van der Waals surface area contributed by atoms with E-state index in [2.05, 4.69) is 17.6 Å². The summed E-state index contributed by atoms with van der Waals surface area (Å²) in [6.45, 7) is 13.9. The normalized spacial score (nSPS) is 12.9. The van der Waals surface area contributed by atoms with E-state index in [4.69, 9.17) is 4.74 Å². The fourth-order valence-electron chi connectivity index (χ4n) is 5.21. The number of nitrogens with zero attached hydrogens (tertiary/aromatic N) is 1. The molecule has 0 saturated carbocycles. The van der Waals surface area contributed by atoms with E-state index in [-0.39, 0.29) is 17.7 Å². The van der Waals surface area contributed by atoms with Crippen LogP contribution in [0.1, 0.15) is 90.8 Å². The van der Waals surface area contributed by atoms with Crippen LogP contribution in [0, 0.1) is 12.8 Å². The summed E-state index contributed by atoms with van der Waals surface area (Å²) in [7, 11) is 0. The monoisotopic (exact) mass is 587 g/mol. The molecule has 43 heavy (non-hydrogen) atoms. The van der Waals surface area contributed by atoms with Crippen LogP contribution < -0.4 is 10.6 Å². The van der Waals surface area contributed by atoms with Crippen LogP contribution >= 0.6 is 0 Å². The Hall–Kier alpha value is -3.87. The smallest absolute Gasteiger partial charge is 0.408 e. The largest absolute Gasteiger partial charge is 0.444 e. The van der Waals surface area contributed by atoms with E-state index in [1.165, 1.54) is 0 Å². The van der Waals surface area contributed by atoms with E-state index in [9.17, 15) is 14.4 Å². The summed E-state index contributed by atoms with van der Waals surface area (Å²) in [4.78, 5) is 43.2. The first-order chi connectivity index (χ1) is 20.4. The standard InChI is InChI=1S/C36H49N3O4/c1-8-9-10-13-21-39(34(41)31(22-25(2)3)38-35(42)43-36(5,6)7)32(29-18-14-15-26(4)23-29)33(40)37-30-20-19-27-16-11-12-17-28(27)24-30/h11-12,14-20,23-25,31-32H,8-10,13,21-22H2,1-7H3,(H,37,40)(H,38,42).